The fourth-order valence-electron chi connectivity index (χ4n) is 2.40. The number of alkyl halides is 2. The molecule has 0 bridgehead atoms. The molecule has 0 aliphatic carbocycles. The van der Waals surface area contributed by atoms with Crippen molar-refractivity contribution >= 4 is 29.3 Å². The molecule has 28 heavy (non-hydrogen) atoms. The molecule has 0 unspecified atom stereocenters. The van der Waals surface area contributed by atoms with Crippen LogP contribution in [0.5, 0.6) is 11.5 Å². The van der Waals surface area contributed by atoms with Gasteiger partial charge in [0.1, 0.15) is 6.61 Å². The van der Waals surface area contributed by atoms with Crippen LogP contribution < -0.4 is 14.8 Å². The molecule has 0 aromatic heterocycles. The summed E-state index contributed by atoms with van der Waals surface area (Å²) in [7, 11) is 0. The average Bonchev–Trinajstić information content (AvgIpc) is 2.68. The van der Waals surface area contributed by atoms with Crippen LogP contribution in [0.25, 0.3) is 0 Å². The zero-order valence-electron chi connectivity index (χ0n) is 14.8. The molecule has 1 N–H and O–H groups in total. The second-order valence-electron chi connectivity index (χ2n) is 5.84. The maximum absolute atomic E-state index is 12.3. The Labute approximate surface area is 164 Å². The predicted molar refractivity (Wildman–Crippen MR) is 98.8 cm³/mol. The van der Waals surface area contributed by atoms with Crippen LogP contribution in [0.4, 0.5) is 14.5 Å². The van der Waals surface area contributed by atoms with Crippen molar-refractivity contribution in [1.82, 2.24) is 0 Å². The number of esters is 1. The second kappa shape index (κ2) is 8.92. The van der Waals surface area contributed by atoms with Gasteiger partial charge in [-0.25, -0.2) is 4.79 Å². The minimum Gasteiger partial charge on any atom is -0.485 e. The molecular formula is C19H17F2NO5S. The third-order valence-electron chi connectivity index (χ3n) is 3.78. The summed E-state index contributed by atoms with van der Waals surface area (Å²) in [4.78, 5) is 24.8. The number of thioether (sulfide) groups is 1. The lowest BCUT2D eigenvalue weighted by Gasteiger charge is -2.25. The van der Waals surface area contributed by atoms with Crippen molar-refractivity contribution in [3.8, 4) is 11.5 Å². The largest absolute Gasteiger partial charge is 0.485 e. The first-order valence-electron chi connectivity index (χ1n) is 8.37. The summed E-state index contributed by atoms with van der Waals surface area (Å²) in [5, 5.41) is 2.56. The van der Waals surface area contributed by atoms with E-state index in [0.717, 1.165) is 0 Å². The van der Waals surface area contributed by atoms with E-state index in [-0.39, 0.29) is 6.61 Å². The molecule has 6 nitrogen and oxygen atoms in total. The summed E-state index contributed by atoms with van der Waals surface area (Å²) in [6.45, 7) is 1.40. The summed E-state index contributed by atoms with van der Waals surface area (Å²) < 4.78 is 40.8. The molecule has 0 saturated carbocycles. The first kappa shape index (κ1) is 19.9. The van der Waals surface area contributed by atoms with Gasteiger partial charge in [0, 0.05) is 10.6 Å². The highest BCUT2D eigenvalue weighted by molar-refractivity contribution is 7.99. The number of anilines is 1. The standard InChI is InChI=1S/C19H17F2NO5S/c1-11(17(23)22-12-6-8-13(9-7-12)28-19(20)21)26-18(24)16-10-25-14-4-2-3-5-15(14)27-16/h2-9,11,16,19H,10H2,1H3,(H,22,23)/t11-,16+/m0/s1. The minimum atomic E-state index is -2.52. The Kier molecular flexibility index (Phi) is 6.35. The van der Waals surface area contributed by atoms with Crippen molar-refractivity contribution in [3.05, 3.63) is 48.5 Å². The number of carbonyl (C=O) groups excluding carboxylic acids is 2. The van der Waals surface area contributed by atoms with Crippen molar-refractivity contribution in [2.24, 2.45) is 0 Å². The SMILES string of the molecule is C[C@H](OC(=O)[C@H]1COc2ccccc2O1)C(=O)Nc1ccc(SC(F)F)cc1. The highest BCUT2D eigenvalue weighted by Crippen LogP contribution is 2.31. The molecule has 2 atom stereocenters. The molecule has 0 saturated heterocycles. The Bertz CT molecular complexity index is 846. The number of halogens is 2. The number of amides is 1. The summed E-state index contributed by atoms with van der Waals surface area (Å²) in [6, 6.07) is 12.8. The minimum absolute atomic E-state index is 0.0204. The van der Waals surface area contributed by atoms with Crippen molar-refractivity contribution in [1.29, 1.82) is 0 Å². The number of ether oxygens (including phenoxy) is 3. The van der Waals surface area contributed by atoms with E-state index >= 15 is 0 Å². The van der Waals surface area contributed by atoms with Crippen LogP contribution in [-0.2, 0) is 14.3 Å². The Morgan fingerprint density at radius 1 is 1.14 bits per heavy atom. The first-order chi connectivity index (χ1) is 13.4. The molecule has 2 aromatic rings. The summed E-state index contributed by atoms with van der Waals surface area (Å²) >= 11 is 0.411. The van der Waals surface area contributed by atoms with Gasteiger partial charge in [-0.15, -0.1) is 0 Å². The fourth-order valence-corrected chi connectivity index (χ4v) is 2.90. The van der Waals surface area contributed by atoms with Crippen molar-refractivity contribution in [2.75, 3.05) is 11.9 Å². The van der Waals surface area contributed by atoms with Gasteiger partial charge >= 0.3 is 5.97 Å². The molecule has 148 valence electrons. The van der Waals surface area contributed by atoms with Crippen LogP contribution in [-0.4, -0.2) is 36.4 Å². The van der Waals surface area contributed by atoms with Gasteiger partial charge in [-0.1, -0.05) is 23.9 Å². The van der Waals surface area contributed by atoms with Crippen LogP contribution in [0, 0.1) is 0 Å². The molecule has 1 heterocycles. The van der Waals surface area contributed by atoms with Crippen LogP contribution in [0.2, 0.25) is 0 Å². The number of nitrogens with one attached hydrogen (secondary N) is 1. The molecule has 9 heteroatoms. The average molecular weight is 409 g/mol. The maximum Gasteiger partial charge on any atom is 0.351 e. The van der Waals surface area contributed by atoms with Gasteiger partial charge in [0.2, 0.25) is 6.10 Å². The van der Waals surface area contributed by atoms with Gasteiger partial charge < -0.3 is 19.5 Å². The van der Waals surface area contributed by atoms with Crippen LogP contribution in [0.1, 0.15) is 6.92 Å². The molecular weight excluding hydrogens is 392 g/mol. The highest BCUT2D eigenvalue weighted by Gasteiger charge is 2.31. The number of benzene rings is 2. The molecule has 0 fully saturated rings. The van der Waals surface area contributed by atoms with E-state index in [1.807, 2.05) is 0 Å². The number of fused-ring (bicyclic) bond motifs is 1. The molecule has 1 aliphatic rings. The Morgan fingerprint density at radius 3 is 2.50 bits per heavy atom. The molecule has 2 aromatic carbocycles. The lowest BCUT2D eigenvalue weighted by molar-refractivity contribution is -0.162. The van der Waals surface area contributed by atoms with E-state index < -0.39 is 29.8 Å². The quantitative estimate of drug-likeness (QED) is 0.579. The molecule has 0 spiro atoms. The molecule has 0 radical (unpaired) electrons. The van der Waals surface area contributed by atoms with E-state index in [1.165, 1.54) is 31.2 Å². The molecule has 1 aliphatic heterocycles. The number of hydrogen-bond acceptors (Lipinski definition) is 6. The molecule has 3 rings (SSSR count). The number of rotatable bonds is 6. The van der Waals surface area contributed by atoms with Gasteiger partial charge in [0.25, 0.3) is 11.7 Å². The number of hydrogen-bond donors (Lipinski definition) is 1. The van der Waals surface area contributed by atoms with Crippen LogP contribution in [0.15, 0.2) is 53.4 Å². The van der Waals surface area contributed by atoms with Gasteiger partial charge in [0.15, 0.2) is 17.6 Å². The number of para-hydroxylation sites is 2. The first-order valence-corrected chi connectivity index (χ1v) is 9.25. The number of carbonyl (C=O) groups is 2. The van der Waals surface area contributed by atoms with Crippen molar-refractivity contribution < 1.29 is 32.6 Å². The normalized spacial score (nSPS) is 16.4. The summed E-state index contributed by atoms with van der Waals surface area (Å²) in [6.07, 6.45) is -2.06. The zero-order valence-corrected chi connectivity index (χ0v) is 15.6. The lowest BCUT2D eigenvalue weighted by atomic mass is 10.2. The van der Waals surface area contributed by atoms with E-state index in [4.69, 9.17) is 14.2 Å². The lowest BCUT2D eigenvalue weighted by Crippen LogP contribution is -2.41. The van der Waals surface area contributed by atoms with Gasteiger partial charge in [-0.05, 0) is 43.3 Å². The smallest absolute Gasteiger partial charge is 0.351 e. The van der Waals surface area contributed by atoms with Crippen molar-refractivity contribution in [3.63, 3.8) is 0 Å². The second-order valence-corrected chi connectivity index (χ2v) is 6.90. The fraction of sp³-hybridized carbons (Fsp3) is 0.263. The maximum atomic E-state index is 12.3. The summed E-state index contributed by atoms with van der Waals surface area (Å²) in [5.41, 5.74) is 0.401. The van der Waals surface area contributed by atoms with E-state index in [1.54, 1.807) is 24.3 Å². The molecule has 1 amide bonds. The Balaban J connectivity index is 1.52. The van der Waals surface area contributed by atoms with Crippen molar-refractivity contribution in [2.45, 2.75) is 29.8 Å². The highest BCUT2D eigenvalue weighted by atomic mass is 32.2. The topological polar surface area (TPSA) is 73.9 Å². The Morgan fingerprint density at radius 2 is 1.82 bits per heavy atom. The van der Waals surface area contributed by atoms with E-state index in [2.05, 4.69) is 5.32 Å². The van der Waals surface area contributed by atoms with Crippen LogP contribution >= 0.6 is 11.8 Å². The third-order valence-corrected chi connectivity index (χ3v) is 4.50. The zero-order chi connectivity index (χ0) is 20.1. The van der Waals surface area contributed by atoms with E-state index in [0.29, 0.717) is 33.8 Å². The predicted octanol–water partition coefficient (Wildman–Crippen LogP) is 3.71. The van der Waals surface area contributed by atoms with Gasteiger partial charge in [-0.2, -0.15) is 8.78 Å². The van der Waals surface area contributed by atoms with Gasteiger partial charge in [-0.3, -0.25) is 4.79 Å². The van der Waals surface area contributed by atoms with Gasteiger partial charge in [0.05, 0.1) is 0 Å². The van der Waals surface area contributed by atoms with E-state index in [9.17, 15) is 18.4 Å². The summed E-state index contributed by atoms with van der Waals surface area (Å²) in [5.74, 6) is -2.83. The Hall–Kier alpha value is -2.81. The third kappa shape index (κ3) is 5.13. The monoisotopic (exact) mass is 409 g/mol. The van der Waals surface area contributed by atoms with Crippen LogP contribution in [0.3, 0.4) is 0 Å².